The summed E-state index contributed by atoms with van der Waals surface area (Å²) in [4.78, 5) is 10.4. The number of carbonyl (C=O) groups is 1. The molecule has 12 heavy (non-hydrogen) atoms. The highest BCUT2D eigenvalue weighted by molar-refractivity contribution is 5.84. The first-order valence-electron chi connectivity index (χ1n) is 3.35. The number of anilines is 1. The average Bonchev–Trinajstić information content (AvgIpc) is 2.16. The molecular weight excluding hydrogens is 158 g/mol. The fourth-order valence-corrected chi connectivity index (χ4v) is 0.867. The van der Waals surface area contributed by atoms with Crippen LogP contribution in [0.25, 0.3) is 0 Å². The fraction of sp³-hybridized carbons (Fsp3) is 0.125. The Morgan fingerprint density at radius 2 is 2.33 bits per heavy atom. The molecule has 1 rings (SSSR count). The summed E-state index contributed by atoms with van der Waals surface area (Å²) >= 11 is 0. The molecule has 0 unspecified atom stereocenters. The second kappa shape index (κ2) is 3.73. The van der Waals surface area contributed by atoms with E-state index in [1.807, 2.05) is 5.48 Å². The number of hydrogen-bond acceptors (Lipinski definition) is 4. The summed E-state index contributed by atoms with van der Waals surface area (Å²) in [5.41, 5.74) is 2.64. The van der Waals surface area contributed by atoms with E-state index in [1.54, 1.807) is 12.1 Å². The Morgan fingerprint density at radius 1 is 1.58 bits per heavy atom. The SMILES string of the molecule is COc1ccc(NO)c(C=O)c1. The van der Waals surface area contributed by atoms with Crippen LogP contribution in [-0.2, 0) is 0 Å². The Balaban J connectivity index is 3.10. The molecule has 4 nitrogen and oxygen atoms in total. The minimum absolute atomic E-state index is 0.358. The normalized spacial score (nSPS) is 9.17. The maximum absolute atomic E-state index is 10.4. The summed E-state index contributed by atoms with van der Waals surface area (Å²) in [5.74, 6) is 0.580. The highest BCUT2D eigenvalue weighted by atomic mass is 16.5. The summed E-state index contributed by atoms with van der Waals surface area (Å²) in [6.07, 6.45) is 0.640. The van der Waals surface area contributed by atoms with Crippen LogP contribution in [-0.4, -0.2) is 18.6 Å². The van der Waals surface area contributed by atoms with Crippen LogP contribution in [0.2, 0.25) is 0 Å². The van der Waals surface area contributed by atoms with Gasteiger partial charge in [-0.25, -0.2) is 0 Å². The molecular formula is C8H9NO3. The van der Waals surface area contributed by atoms with Gasteiger partial charge in [-0.05, 0) is 18.2 Å². The monoisotopic (exact) mass is 167 g/mol. The number of nitrogens with one attached hydrogen (secondary N) is 1. The van der Waals surface area contributed by atoms with Gasteiger partial charge < -0.3 is 4.74 Å². The maximum Gasteiger partial charge on any atom is 0.152 e. The van der Waals surface area contributed by atoms with Crippen LogP contribution in [0.3, 0.4) is 0 Å². The molecule has 0 spiro atoms. The molecule has 0 aliphatic heterocycles. The second-order valence-corrected chi connectivity index (χ2v) is 2.18. The number of hydrogen-bond donors (Lipinski definition) is 2. The van der Waals surface area contributed by atoms with Gasteiger partial charge in [0, 0.05) is 5.56 Å². The average molecular weight is 167 g/mol. The molecule has 0 heterocycles. The quantitative estimate of drug-likeness (QED) is 0.526. The number of aldehydes is 1. The van der Waals surface area contributed by atoms with E-state index in [1.165, 1.54) is 13.2 Å². The van der Waals surface area contributed by atoms with Crippen LogP contribution in [0.5, 0.6) is 5.75 Å². The van der Waals surface area contributed by atoms with Gasteiger partial charge in [0.2, 0.25) is 0 Å². The summed E-state index contributed by atoms with van der Waals surface area (Å²) in [6, 6.07) is 4.74. The first kappa shape index (κ1) is 8.55. The first-order chi connectivity index (χ1) is 5.81. The smallest absolute Gasteiger partial charge is 0.152 e. The third-order valence-electron chi connectivity index (χ3n) is 1.51. The van der Waals surface area contributed by atoms with Gasteiger partial charge in [-0.2, -0.15) is 0 Å². The number of methoxy groups -OCH3 is 1. The predicted octanol–water partition coefficient (Wildman–Crippen LogP) is 1.31. The van der Waals surface area contributed by atoms with Gasteiger partial charge in [-0.1, -0.05) is 0 Å². The third-order valence-corrected chi connectivity index (χ3v) is 1.51. The molecule has 1 aromatic carbocycles. The highest BCUT2D eigenvalue weighted by Crippen LogP contribution is 2.19. The van der Waals surface area contributed by atoms with E-state index in [2.05, 4.69) is 0 Å². The van der Waals surface area contributed by atoms with Crippen molar-refractivity contribution in [1.82, 2.24) is 0 Å². The van der Waals surface area contributed by atoms with E-state index in [9.17, 15) is 4.79 Å². The van der Waals surface area contributed by atoms with Crippen LogP contribution in [0.1, 0.15) is 10.4 Å². The molecule has 0 amide bonds. The zero-order valence-electron chi connectivity index (χ0n) is 6.57. The Labute approximate surface area is 69.7 Å². The molecule has 0 saturated heterocycles. The van der Waals surface area contributed by atoms with Crippen molar-refractivity contribution in [3.05, 3.63) is 23.8 Å². The van der Waals surface area contributed by atoms with Crippen LogP contribution in [0.15, 0.2) is 18.2 Å². The van der Waals surface area contributed by atoms with Crippen molar-refractivity contribution in [1.29, 1.82) is 0 Å². The lowest BCUT2D eigenvalue weighted by Gasteiger charge is -2.04. The van der Waals surface area contributed by atoms with Crippen molar-refractivity contribution in [2.24, 2.45) is 0 Å². The molecule has 0 aromatic heterocycles. The zero-order chi connectivity index (χ0) is 8.97. The number of benzene rings is 1. The Morgan fingerprint density at radius 3 is 2.83 bits per heavy atom. The van der Waals surface area contributed by atoms with E-state index < -0.39 is 0 Å². The molecule has 2 N–H and O–H groups in total. The van der Waals surface area contributed by atoms with Crippen LogP contribution >= 0.6 is 0 Å². The van der Waals surface area contributed by atoms with Crippen LogP contribution < -0.4 is 10.2 Å². The lowest BCUT2D eigenvalue weighted by Crippen LogP contribution is -1.95. The lowest BCUT2D eigenvalue weighted by molar-refractivity contribution is 0.112. The summed E-state index contributed by atoms with van der Waals surface area (Å²) in [7, 11) is 1.51. The number of carbonyl (C=O) groups excluding carboxylic acids is 1. The number of ether oxygens (including phenoxy) is 1. The van der Waals surface area contributed by atoms with E-state index in [-0.39, 0.29) is 0 Å². The van der Waals surface area contributed by atoms with Gasteiger partial charge in [-0.3, -0.25) is 15.5 Å². The first-order valence-corrected chi connectivity index (χ1v) is 3.35. The minimum atomic E-state index is 0.358. The predicted molar refractivity (Wildman–Crippen MR) is 43.8 cm³/mol. The molecule has 1 aromatic rings. The molecule has 0 atom stereocenters. The van der Waals surface area contributed by atoms with Crippen molar-refractivity contribution in [3.63, 3.8) is 0 Å². The molecule has 0 bridgehead atoms. The summed E-state index contributed by atoms with van der Waals surface area (Å²) < 4.78 is 4.89. The lowest BCUT2D eigenvalue weighted by atomic mass is 10.2. The summed E-state index contributed by atoms with van der Waals surface area (Å²) in [5, 5.41) is 8.56. The van der Waals surface area contributed by atoms with Gasteiger partial charge in [0.15, 0.2) is 6.29 Å². The molecule has 0 aliphatic carbocycles. The van der Waals surface area contributed by atoms with E-state index >= 15 is 0 Å². The largest absolute Gasteiger partial charge is 0.497 e. The van der Waals surface area contributed by atoms with Gasteiger partial charge in [0.25, 0.3) is 0 Å². The Kier molecular flexibility index (Phi) is 2.66. The van der Waals surface area contributed by atoms with E-state index in [0.29, 0.717) is 23.3 Å². The number of rotatable bonds is 3. The van der Waals surface area contributed by atoms with Crippen molar-refractivity contribution in [3.8, 4) is 5.75 Å². The molecule has 0 fully saturated rings. The van der Waals surface area contributed by atoms with Crippen molar-refractivity contribution in [2.75, 3.05) is 12.6 Å². The highest BCUT2D eigenvalue weighted by Gasteiger charge is 2.01. The van der Waals surface area contributed by atoms with E-state index in [0.717, 1.165) is 0 Å². The molecule has 0 aliphatic rings. The Bertz CT molecular complexity index is 286. The van der Waals surface area contributed by atoms with Gasteiger partial charge in [-0.15, -0.1) is 0 Å². The fourth-order valence-electron chi connectivity index (χ4n) is 0.867. The topological polar surface area (TPSA) is 58.6 Å². The maximum atomic E-state index is 10.4. The zero-order valence-corrected chi connectivity index (χ0v) is 6.57. The third kappa shape index (κ3) is 1.54. The molecule has 4 heteroatoms. The van der Waals surface area contributed by atoms with E-state index in [4.69, 9.17) is 9.94 Å². The summed E-state index contributed by atoms with van der Waals surface area (Å²) in [6.45, 7) is 0. The molecule has 0 saturated carbocycles. The molecule has 64 valence electrons. The van der Waals surface area contributed by atoms with Gasteiger partial charge >= 0.3 is 0 Å². The van der Waals surface area contributed by atoms with Crippen LogP contribution in [0, 0.1) is 0 Å². The second-order valence-electron chi connectivity index (χ2n) is 2.18. The van der Waals surface area contributed by atoms with Gasteiger partial charge in [0.05, 0.1) is 12.8 Å². The van der Waals surface area contributed by atoms with Crippen molar-refractivity contribution in [2.45, 2.75) is 0 Å². The van der Waals surface area contributed by atoms with Gasteiger partial charge in [0.1, 0.15) is 5.75 Å². The minimum Gasteiger partial charge on any atom is -0.497 e. The van der Waals surface area contributed by atoms with Crippen LogP contribution in [0.4, 0.5) is 5.69 Å². The Hall–Kier alpha value is -1.55. The standard InChI is InChI=1S/C8H9NO3/c1-12-7-2-3-8(9-11)6(4-7)5-10/h2-5,9,11H,1H3. The van der Waals surface area contributed by atoms with Crippen molar-refractivity contribution < 1.29 is 14.7 Å². The van der Waals surface area contributed by atoms with Crippen molar-refractivity contribution >= 4 is 12.0 Å². The molecule has 0 radical (unpaired) electrons.